The SMILES string of the molecule is COCC(C)N=C(NN)Nc1cccc(Br)c1C. The second-order valence-corrected chi connectivity index (χ2v) is 4.82. The van der Waals surface area contributed by atoms with Crippen molar-refractivity contribution in [2.24, 2.45) is 10.8 Å². The third-order valence-electron chi connectivity index (χ3n) is 2.41. The Morgan fingerprint density at radius 1 is 1.56 bits per heavy atom. The molecule has 0 aromatic heterocycles. The number of methoxy groups -OCH3 is 1. The van der Waals surface area contributed by atoms with Crippen LogP contribution in [0.4, 0.5) is 5.69 Å². The number of benzene rings is 1. The van der Waals surface area contributed by atoms with E-state index in [1.54, 1.807) is 7.11 Å². The molecule has 0 aliphatic rings. The number of nitrogens with zero attached hydrogens (tertiary/aromatic N) is 1. The fraction of sp³-hybridized carbons (Fsp3) is 0.417. The summed E-state index contributed by atoms with van der Waals surface area (Å²) in [6, 6.07) is 5.93. The molecule has 1 unspecified atom stereocenters. The fourth-order valence-electron chi connectivity index (χ4n) is 1.47. The Balaban J connectivity index is 2.83. The van der Waals surface area contributed by atoms with Crippen molar-refractivity contribution in [3.63, 3.8) is 0 Å². The smallest absolute Gasteiger partial charge is 0.210 e. The highest BCUT2D eigenvalue weighted by Gasteiger charge is 2.06. The predicted molar refractivity (Wildman–Crippen MR) is 78.6 cm³/mol. The zero-order valence-corrected chi connectivity index (χ0v) is 12.4. The summed E-state index contributed by atoms with van der Waals surface area (Å²) >= 11 is 3.48. The molecule has 18 heavy (non-hydrogen) atoms. The lowest BCUT2D eigenvalue weighted by molar-refractivity contribution is 0.185. The van der Waals surface area contributed by atoms with Gasteiger partial charge < -0.3 is 10.1 Å². The van der Waals surface area contributed by atoms with Gasteiger partial charge in [0.05, 0.1) is 12.6 Å². The number of ether oxygens (including phenoxy) is 1. The van der Waals surface area contributed by atoms with E-state index in [0.29, 0.717) is 12.6 Å². The molecule has 0 amide bonds. The first-order chi connectivity index (χ1) is 8.58. The highest BCUT2D eigenvalue weighted by atomic mass is 79.9. The van der Waals surface area contributed by atoms with Crippen molar-refractivity contribution < 1.29 is 4.74 Å². The molecule has 5 nitrogen and oxygen atoms in total. The van der Waals surface area contributed by atoms with Crippen LogP contribution in [0.25, 0.3) is 0 Å². The van der Waals surface area contributed by atoms with Crippen LogP contribution in [0, 0.1) is 6.92 Å². The van der Waals surface area contributed by atoms with Gasteiger partial charge in [-0.05, 0) is 31.5 Å². The second-order valence-electron chi connectivity index (χ2n) is 3.96. The maximum absolute atomic E-state index is 5.46. The van der Waals surface area contributed by atoms with Crippen molar-refractivity contribution in [2.45, 2.75) is 19.9 Å². The van der Waals surface area contributed by atoms with Crippen LogP contribution in [-0.2, 0) is 4.74 Å². The van der Waals surface area contributed by atoms with Crippen molar-refractivity contribution in [3.05, 3.63) is 28.2 Å². The zero-order chi connectivity index (χ0) is 13.5. The van der Waals surface area contributed by atoms with E-state index in [9.17, 15) is 0 Å². The number of aliphatic imine (C=N–C) groups is 1. The summed E-state index contributed by atoms with van der Waals surface area (Å²) in [5, 5.41) is 3.16. The summed E-state index contributed by atoms with van der Waals surface area (Å²) in [5.74, 6) is 5.97. The average molecular weight is 315 g/mol. The first kappa shape index (κ1) is 14.9. The largest absolute Gasteiger partial charge is 0.382 e. The number of guanidine groups is 1. The maximum atomic E-state index is 5.46. The number of hydrazine groups is 1. The molecule has 0 bridgehead atoms. The first-order valence-electron chi connectivity index (χ1n) is 5.64. The minimum absolute atomic E-state index is 0.0287. The van der Waals surface area contributed by atoms with Gasteiger partial charge >= 0.3 is 0 Å². The van der Waals surface area contributed by atoms with Crippen molar-refractivity contribution in [3.8, 4) is 0 Å². The number of hydrogen-bond acceptors (Lipinski definition) is 3. The summed E-state index contributed by atoms with van der Waals surface area (Å²) in [5.41, 5.74) is 4.60. The monoisotopic (exact) mass is 314 g/mol. The van der Waals surface area contributed by atoms with E-state index < -0.39 is 0 Å². The van der Waals surface area contributed by atoms with Gasteiger partial charge in [-0.15, -0.1) is 0 Å². The van der Waals surface area contributed by atoms with E-state index in [0.717, 1.165) is 15.7 Å². The van der Waals surface area contributed by atoms with Crippen LogP contribution >= 0.6 is 15.9 Å². The standard InChI is InChI=1S/C12H19BrN4O/c1-8(7-18-3)15-12(17-14)16-11-6-4-5-10(13)9(11)2/h4-6,8H,7,14H2,1-3H3,(H2,15,16,17). The minimum Gasteiger partial charge on any atom is -0.382 e. The zero-order valence-electron chi connectivity index (χ0n) is 10.8. The molecule has 0 spiro atoms. The van der Waals surface area contributed by atoms with Gasteiger partial charge in [0.2, 0.25) is 5.96 Å². The molecule has 1 aromatic carbocycles. The Hall–Kier alpha value is -1.11. The average Bonchev–Trinajstić information content (AvgIpc) is 2.34. The van der Waals surface area contributed by atoms with Crippen molar-refractivity contribution >= 4 is 27.6 Å². The van der Waals surface area contributed by atoms with Gasteiger partial charge in [-0.25, -0.2) is 10.8 Å². The maximum Gasteiger partial charge on any atom is 0.210 e. The van der Waals surface area contributed by atoms with Crippen molar-refractivity contribution in [1.82, 2.24) is 5.43 Å². The molecule has 0 saturated heterocycles. The normalized spacial score (nSPS) is 13.3. The Morgan fingerprint density at radius 3 is 2.89 bits per heavy atom. The van der Waals surface area contributed by atoms with E-state index in [2.05, 4.69) is 31.7 Å². The summed E-state index contributed by atoms with van der Waals surface area (Å²) in [6.07, 6.45) is 0. The molecule has 1 rings (SSSR count). The lowest BCUT2D eigenvalue weighted by atomic mass is 10.2. The van der Waals surface area contributed by atoms with Crippen LogP contribution in [0.1, 0.15) is 12.5 Å². The van der Waals surface area contributed by atoms with E-state index in [4.69, 9.17) is 10.6 Å². The number of halogens is 1. The Kier molecular flexibility index (Phi) is 6.11. The molecular weight excluding hydrogens is 296 g/mol. The van der Waals surface area contributed by atoms with Gasteiger partial charge in [0.15, 0.2) is 0 Å². The van der Waals surface area contributed by atoms with Gasteiger partial charge in [0, 0.05) is 17.3 Å². The molecule has 0 aliphatic carbocycles. The van der Waals surface area contributed by atoms with Gasteiger partial charge in [0.1, 0.15) is 0 Å². The third kappa shape index (κ3) is 4.29. The molecule has 100 valence electrons. The van der Waals surface area contributed by atoms with Crippen LogP contribution in [0.3, 0.4) is 0 Å². The number of rotatable bonds is 4. The van der Waals surface area contributed by atoms with Crippen LogP contribution in [0.5, 0.6) is 0 Å². The van der Waals surface area contributed by atoms with E-state index in [1.807, 2.05) is 32.0 Å². The molecule has 0 heterocycles. The molecular formula is C12H19BrN4O. The van der Waals surface area contributed by atoms with Crippen LogP contribution in [0.2, 0.25) is 0 Å². The third-order valence-corrected chi connectivity index (χ3v) is 3.27. The van der Waals surface area contributed by atoms with Gasteiger partial charge in [0.25, 0.3) is 0 Å². The minimum atomic E-state index is 0.0287. The highest BCUT2D eigenvalue weighted by molar-refractivity contribution is 9.10. The molecule has 1 atom stereocenters. The van der Waals surface area contributed by atoms with E-state index >= 15 is 0 Å². The topological polar surface area (TPSA) is 71.7 Å². The van der Waals surface area contributed by atoms with Gasteiger partial charge in [-0.1, -0.05) is 22.0 Å². The number of hydrogen-bond donors (Lipinski definition) is 3. The second kappa shape index (κ2) is 7.35. The lowest BCUT2D eigenvalue weighted by Crippen LogP contribution is -2.37. The summed E-state index contributed by atoms with van der Waals surface area (Å²) in [6.45, 7) is 4.51. The molecule has 6 heteroatoms. The molecule has 0 radical (unpaired) electrons. The van der Waals surface area contributed by atoms with Gasteiger partial charge in [-0.3, -0.25) is 5.43 Å². The Labute approximate surface area is 116 Å². The number of anilines is 1. The van der Waals surface area contributed by atoms with Gasteiger partial charge in [-0.2, -0.15) is 0 Å². The molecule has 4 N–H and O–H groups in total. The molecule has 1 aromatic rings. The molecule has 0 saturated carbocycles. The van der Waals surface area contributed by atoms with Crippen molar-refractivity contribution in [2.75, 3.05) is 19.0 Å². The van der Waals surface area contributed by atoms with Crippen LogP contribution < -0.4 is 16.6 Å². The fourth-order valence-corrected chi connectivity index (χ4v) is 1.84. The number of nitrogens with two attached hydrogens (primary N) is 1. The number of nitrogens with one attached hydrogen (secondary N) is 2. The quantitative estimate of drug-likeness (QED) is 0.344. The summed E-state index contributed by atoms with van der Waals surface area (Å²) in [4.78, 5) is 4.38. The Morgan fingerprint density at radius 2 is 2.28 bits per heavy atom. The molecule has 0 aliphatic heterocycles. The van der Waals surface area contributed by atoms with E-state index in [-0.39, 0.29) is 6.04 Å². The highest BCUT2D eigenvalue weighted by Crippen LogP contribution is 2.23. The predicted octanol–water partition coefficient (Wildman–Crippen LogP) is 2.02. The summed E-state index contributed by atoms with van der Waals surface area (Å²) in [7, 11) is 1.65. The molecule has 0 fully saturated rings. The first-order valence-corrected chi connectivity index (χ1v) is 6.43. The Bertz CT molecular complexity index is 423. The lowest BCUT2D eigenvalue weighted by Gasteiger charge is -2.14. The van der Waals surface area contributed by atoms with E-state index in [1.165, 1.54) is 0 Å². The summed E-state index contributed by atoms with van der Waals surface area (Å²) < 4.78 is 6.07. The van der Waals surface area contributed by atoms with Crippen LogP contribution in [-0.4, -0.2) is 25.7 Å². The van der Waals surface area contributed by atoms with Crippen molar-refractivity contribution in [1.29, 1.82) is 0 Å². The van der Waals surface area contributed by atoms with Crippen LogP contribution in [0.15, 0.2) is 27.7 Å².